The molecule has 1 aromatic carbocycles. The molecule has 3 aliphatic rings. The molecule has 2 fully saturated rings. The number of benzene rings is 1. The topological polar surface area (TPSA) is 95.7 Å². The minimum atomic E-state index is -3.70. The van der Waals surface area contributed by atoms with E-state index in [-0.39, 0.29) is 24.4 Å². The summed E-state index contributed by atoms with van der Waals surface area (Å²) in [5, 5.41) is 3.94. The lowest BCUT2D eigenvalue weighted by Gasteiger charge is -2.39. The van der Waals surface area contributed by atoms with Gasteiger partial charge in [-0.2, -0.15) is 12.7 Å². The van der Waals surface area contributed by atoms with Gasteiger partial charge in [0.1, 0.15) is 0 Å². The van der Waals surface area contributed by atoms with Crippen LogP contribution in [0.2, 0.25) is 5.02 Å². The summed E-state index contributed by atoms with van der Waals surface area (Å²) >= 11 is 5.96. The maximum atomic E-state index is 13.3. The molecule has 1 amide bonds. The highest BCUT2D eigenvalue weighted by molar-refractivity contribution is 7.90. The summed E-state index contributed by atoms with van der Waals surface area (Å²) in [5.41, 5.74) is 7.59. The second-order valence-electron chi connectivity index (χ2n) is 9.06. The number of halogens is 1. The molecule has 0 spiro atoms. The largest absolute Gasteiger partial charge is 0.381 e. The van der Waals surface area contributed by atoms with Crippen molar-refractivity contribution in [2.45, 2.75) is 38.6 Å². The Labute approximate surface area is 189 Å². The molecule has 0 aromatic heterocycles. The first-order chi connectivity index (χ1) is 14.6. The van der Waals surface area contributed by atoms with Crippen LogP contribution in [0.4, 0.5) is 5.69 Å². The average molecular weight is 465 g/mol. The number of carbonyl (C=O) groups excluding carboxylic acids is 1. The second kappa shape index (κ2) is 8.15. The molecule has 4 rings (SSSR count). The zero-order valence-electron chi connectivity index (χ0n) is 17.7. The summed E-state index contributed by atoms with van der Waals surface area (Å²) < 4.78 is 29.5. The summed E-state index contributed by atoms with van der Waals surface area (Å²) in [6.07, 6.45) is 5.09. The molecule has 31 heavy (non-hydrogen) atoms. The van der Waals surface area contributed by atoms with Crippen molar-refractivity contribution in [1.82, 2.24) is 9.62 Å². The number of hydrogen-bond donors (Lipinski definition) is 2. The van der Waals surface area contributed by atoms with E-state index in [1.54, 1.807) is 24.3 Å². The molecule has 3 atom stereocenters. The van der Waals surface area contributed by atoms with Gasteiger partial charge in [0.15, 0.2) is 0 Å². The van der Waals surface area contributed by atoms with Gasteiger partial charge in [0.25, 0.3) is 0 Å². The minimum Gasteiger partial charge on any atom is -0.381 e. The number of nitrogens with zero attached hydrogens (tertiary/aromatic N) is 2. The summed E-state index contributed by atoms with van der Waals surface area (Å²) in [5.74, 6) is -0.0995. The minimum absolute atomic E-state index is 0.0280. The van der Waals surface area contributed by atoms with E-state index in [0.29, 0.717) is 42.3 Å². The number of rotatable bonds is 6. The predicted molar refractivity (Wildman–Crippen MR) is 123 cm³/mol. The standard InChI is InChI=1S/C22H29ClN4O3S/c1-15-12-26(31(29,30)27(13-15)19-7-5-18(23)6-8-19)14-16(2)25-20-11-22(21(24)28)9-3-4-17(20)10-22/h4-8,15,20,25H,2-3,9-14H2,1H3,(H2,24,28). The fraction of sp³-hybridized carbons (Fsp3) is 0.500. The molecule has 1 heterocycles. The molecule has 1 aliphatic heterocycles. The van der Waals surface area contributed by atoms with Gasteiger partial charge < -0.3 is 11.1 Å². The smallest absolute Gasteiger partial charge is 0.304 e. The first-order valence-electron chi connectivity index (χ1n) is 10.6. The molecule has 1 saturated carbocycles. The molecule has 3 N–H and O–H groups in total. The van der Waals surface area contributed by atoms with Crippen molar-refractivity contribution >= 4 is 33.4 Å². The van der Waals surface area contributed by atoms with Crippen LogP contribution in [0.1, 0.15) is 32.6 Å². The summed E-state index contributed by atoms with van der Waals surface area (Å²) in [6.45, 7) is 7.13. The quantitative estimate of drug-likeness (QED) is 0.633. The van der Waals surface area contributed by atoms with Crippen molar-refractivity contribution < 1.29 is 13.2 Å². The van der Waals surface area contributed by atoms with Crippen molar-refractivity contribution in [3.05, 3.63) is 53.2 Å². The third-order valence-electron chi connectivity index (χ3n) is 6.59. The van der Waals surface area contributed by atoms with E-state index in [9.17, 15) is 13.2 Å². The number of anilines is 1. The Morgan fingerprint density at radius 2 is 2.03 bits per heavy atom. The van der Waals surface area contributed by atoms with Crippen molar-refractivity contribution in [2.75, 3.05) is 23.9 Å². The van der Waals surface area contributed by atoms with E-state index < -0.39 is 15.6 Å². The van der Waals surface area contributed by atoms with Crippen LogP contribution in [0.25, 0.3) is 0 Å². The van der Waals surface area contributed by atoms with Gasteiger partial charge in [-0.15, -0.1) is 0 Å². The van der Waals surface area contributed by atoms with Crippen LogP contribution in [0.15, 0.2) is 48.2 Å². The number of allylic oxidation sites excluding steroid dienone is 1. The van der Waals surface area contributed by atoms with Gasteiger partial charge in [0.2, 0.25) is 5.91 Å². The van der Waals surface area contributed by atoms with E-state index in [1.807, 2.05) is 6.92 Å². The fourth-order valence-electron chi connectivity index (χ4n) is 5.01. The summed E-state index contributed by atoms with van der Waals surface area (Å²) in [4.78, 5) is 12.0. The SMILES string of the molecule is C=C(CN1CC(C)CN(c2ccc(Cl)cc2)S1(=O)=O)NC1CC2(C(N)=O)CCC=C1C2. The van der Waals surface area contributed by atoms with Crippen LogP contribution >= 0.6 is 11.6 Å². The van der Waals surface area contributed by atoms with Crippen molar-refractivity contribution in [1.29, 1.82) is 0 Å². The lowest BCUT2D eigenvalue weighted by Crippen LogP contribution is -2.54. The van der Waals surface area contributed by atoms with Gasteiger partial charge in [0, 0.05) is 29.9 Å². The van der Waals surface area contributed by atoms with Gasteiger partial charge in [-0.25, -0.2) is 0 Å². The van der Waals surface area contributed by atoms with E-state index in [1.165, 1.54) is 14.2 Å². The summed E-state index contributed by atoms with van der Waals surface area (Å²) in [7, 11) is -3.70. The van der Waals surface area contributed by atoms with Crippen LogP contribution in [0, 0.1) is 11.3 Å². The van der Waals surface area contributed by atoms with Crippen LogP contribution < -0.4 is 15.4 Å². The zero-order valence-corrected chi connectivity index (χ0v) is 19.3. The highest BCUT2D eigenvalue weighted by atomic mass is 35.5. The molecule has 1 saturated heterocycles. The van der Waals surface area contributed by atoms with Crippen molar-refractivity contribution in [2.24, 2.45) is 17.1 Å². The highest BCUT2D eigenvalue weighted by Crippen LogP contribution is 2.48. The molecule has 2 aliphatic carbocycles. The Balaban J connectivity index is 1.47. The molecule has 2 bridgehead atoms. The Kier molecular flexibility index (Phi) is 5.83. The van der Waals surface area contributed by atoms with E-state index in [0.717, 1.165) is 12.8 Å². The van der Waals surface area contributed by atoms with E-state index >= 15 is 0 Å². The van der Waals surface area contributed by atoms with Gasteiger partial charge in [-0.1, -0.05) is 36.8 Å². The third kappa shape index (κ3) is 4.21. The van der Waals surface area contributed by atoms with Gasteiger partial charge in [-0.05, 0) is 55.9 Å². The second-order valence-corrected chi connectivity index (χ2v) is 11.3. The molecule has 9 heteroatoms. The van der Waals surface area contributed by atoms with Gasteiger partial charge in [-0.3, -0.25) is 9.10 Å². The first-order valence-corrected chi connectivity index (χ1v) is 12.3. The first kappa shape index (κ1) is 22.2. The number of amides is 1. The summed E-state index contributed by atoms with van der Waals surface area (Å²) in [6, 6.07) is 6.79. The molecule has 7 nitrogen and oxygen atoms in total. The Hall–Kier alpha value is -2.03. The van der Waals surface area contributed by atoms with E-state index in [2.05, 4.69) is 18.0 Å². The Morgan fingerprint density at radius 3 is 2.68 bits per heavy atom. The third-order valence-corrected chi connectivity index (χ3v) is 8.69. The van der Waals surface area contributed by atoms with Crippen LogP contribution in [0.3, 0.4) is 0 Å². The van der Waals surface area contributed by atoms with Crippen molar-refractivity contribution in [3.8, 4) is 0 Å². The molecular weight excluding hydrogens is 436 g/mol. The lowest BCUT2D eigenvalue weighted by molar-refractivity contribution is -0.127. The molecule has 0 radical (unpaired) electrons. The normalized spacial score (nSPS) is 30.0. The number of nitrogens with two attached hydrogens (primary N) is 1. The van der Waals surface area contributed by atoms with Crippen molar-refractivity contribution in [3.63, 3.8) is 0 Å². The Morgan fingerprint density at radius 1 is 1.32 bits per heavy atom. The van der Waals surface area contributed by atoms with Gasteiger partial charge in [0.05, 0.1) is 17.6 Å². The van der Waals surface area contributed by atoms with E-state index in [4.69, 9.17) is 17.3 Å². The highest BCUT2D eigenvalue weighted by Gasteiger charge is 2.48. The molecule has 168 valence electrons. The number of carbonyl (C=O) groups is 1. The number of hydrogen-bond acceptors (Lipinski definition) is 4. The lowest BCUT2D eigenvalue weighted by atomic mass is 9.78. The molecular formula is C22H29ClN4O3S. The predicted octanol–water partition coefficient (Wildman–Crippen LogP) is 2.80. The van der Waals surface area contributed by atoms with Crippen LogP contribution in [-0.4, -0.2) is 44.3 Å². The van der Waals surface area contributed by atoms with Crippen LogP contribution in [0.5, 0.6) is 0 Å². The number of fused-ring (bicyclic) bond motifs is 2. The maximum absolute atomic E-state index is 13.3. The van der Waals surface area contributed by atoms with Crippen LogP contribution in [-0.2, 0) is 15.0 Å². The number of primary amides is 1. The zero-order chi connectivity index (χ0) is 22.4. The molecule has 1 aromatic rings. The number of nitrogens with one attached hydrogen (secondary N) is 1. The van der Waals surface area contributed by atoms with Gasteiger partial charge >= 0.3 is 10.2 Å². The molecule has 3 unspecified atom stereocenters. The maximum Gasteiger partial charge on any atom is 0.304 e. The fourth-order valence-corrected chi connectivity index (χ4v) is 7.01. The average Bonchev–Trinajstić information content (AvgIpc) is 2.95. The Bertz CT molecular complexity index is 1020. The monoisotopic (exact) mass is 464 g/mol.